The van der Waals surface area contributed by atoms with Crippen molar-refractivity contribution in [2.24, 2.45) is 16.7 Å². The number of carbonyl (C=O) groups is 1. The highest BCUT2D eigenvalue weighted by Gasteiger charge is 2.70. The fraction of sp³-hybridized carbons (Fsp3) is 0.400. The average molecular weight is 236 g/mol. The van der Waals surface area contributed by atoms with Gasteiger partial charge in [-0.15, -0.1) is 0 Å². The van der Waals surface area contributed by atoms with E-state index >= 15 is 0 Å². The third-order valence-electron chi connectivity index (χ3n) is 4.30. The van der Waals surface area contributed by atoms with Gasteiger partial charge in [-0.25, -0.2) is 0 Å². The van der Waals surface area contributed by atoms with Gasteiger partial charge in [-0.1, -0.05) is 30.3 Å². The summed E-state index contributed by atoms with van der Waals surface area (Å²) in [5, 5.41) is 18.0. The molecule has 0 aliphatic heterocycles. The van der Waals surface area contributed by atoms with Crippen LogP contribution in [0, 0.1) is 39.4 Å². The summed E-state index contributed by atoms with van der Waals surface area (Å²) < 4.78 is 0. The molecule has 2 fully saturated rings. The summed E-state index contributed by atoms with van der Waals surface area (Å²) in [6.07, 6.45) is 1.97. The van der Waals surface area contributed by atoms with Crippen LogP contribution >= 0.6 is 0 Å². The standard InChI is InChI=1S/C15H12N2O/c16-9-14(10-17)7-15(8-14)6-12(15)13(18)11-4-2-1-3-5-11/h1-5,12H,6-8H2. The van der Waals surface area contributed by atoms with Crippen LogP contribution in [0.25, 0.3) is 0 Å². The van der Waals surface area contributed by atoms with Gasteiger partial charge < -0.3 is 0 Å². The van der Waals surface area contributed by atoms with Crippen molar-refractivity contribution >= 4 is 5.78 Å². The number of nitrogens with zero attached hydrogens (tertiary/aromatic N) is 2. The number of rotatable bonds is 2. The lowest BCUT2D eigenvalue weighted by Gasteiger charge is -2.38. The molecule has 1 spiro atoms. The molecule has 1 aromatic rings. The van der Waals surface area contributed by atoms with Crippen molar-refractivity contribution in [1.29, 1.82) is 10.5 Å². The summed E-state index contributed by atoms with van der Waals surface area (Å²) in [7, 11) is 0. The lowest BCUT2D eigenvalue weighted by molar-refractivity contribution is 0.0854. The van der Waals surface area contributed by atoms with Crippen LogP contribution in [0.2, 0.25) is 0 Å². The highest BCUT2D eigenvalue weighted by atomic mass is 16.1. The van der Waals surface area contributed by atoms with E-state index in [1.54, 1.807) is 0 Å². The Bertz CT molecular complexity index is 569. The van der Waals surface area contributed by atoms with Crippen LogP contribution < -0.4 is 0 Å². The van der Waals surface area contributed by atoms with Gasteiger partial charge in [0.15, 0.2) is 5.78 Å². The van der Waals surface area contributed by atoms with Crippen molar-refractivity contribution in [1.82, 2.24) is 0 Å². The molecule has 1 unspecified atom stereocenters. The predicted molar refractivity (Wildman–Crippen MR) is 64.2 cm³/mol. The molecule has 3 heteroatoms. The molecule has 3 nitrogen and oxygen atoms in total. The van der Waals surface area contributed by atoms with E-state index in [4.69, 9.17) is 10.5 Å². The monoisotopic (exact) mass is 236 g/mol. The fourth-order valence-electron chi connectivity index (χ4n) is 3.25. The maximum Gasteiger partial charge on any atom is 0.166 e. The molecule has 1 aromatic carbocycles. The highest BCUT2D eigenvalue weighted by molar-refractivity contribution is 6.00. The number of carbonyl (C=O) groups excluding carboxylic acids is 1. The molecule has 2 saturated carbocycles. The largest absolute Gasteiger partial charge is 0.294 e. The Morgan fingerprint density at radius 1 is 1.17 bits per heavy atom. The summed E-state index contributed by atoms with van der Waals surface area (Å²) in [4.78, 5) is 12.2. The van der Waals surface area contributed by atoms with Crippen LogP contribution in [-0.4, -0.2) is 5.78 Å². The zero-order chi connectivity index (χ0) is 12.8. The minimum atomic E-state index is -0.828. The molecule has 88 valence electrons. The van der Waals surface area contributed by atoms with Crippen LogP contribution in [0.1, 0.15) is 29.6 Å². The molecule has 2 aliphatic rings. The maximum atomic E-state index is 12.2. The summed E-state index contributed by atoms with van der Waals surface area (Å²) in [6.45, 7) is 0. The Morgan fingerprint density at radius 2 is 1.78 bits per heavy atom. The molecule has 18 heavy (non-hydrogen) atoms. The van der Waals surface area contributed by atoms with Gasteiger partial charge in [0.1, 0.15) is 5.41 Å². The van der Waals surface area contributed by atoms with Crippen molar-refractivity contribution in [2.75, 3.05) is 0 Å². The van der Waals surface area contributed by atoms with Gasteiger partial charge in [-0.05, 0) is 24.7 Å². The number of nitriles is 2. The van der Waals surface area contributed by atoms with Gasteiger partial charge in [0.25, 0.3) is 0 Å². The Hall–Kier alpha value is -2.13. The van der Waals surface area contributed by atoms with Crippen molar-refractivity contribution in [3.63, 3.8) is 0 Å². The van der Waals surface area contributed by atoms with Crippen LogP contribution in [0.5, 0.6) is 0 Å². The van der Waals surface area contributed by atoms with Crippen LogP contribution in [0.3, 0.4) is 0 Å². The normalized spacial score (nSPS) is 25.6. The lowest BCUT2D eigenvalue weighted by atomic mass is 9.60. The first kappa shape index (κ1) is 11.0. The first-order chi connectivity index (χ1) is 8.65. The molecule has 0 N–H and O–H groups in total. The number of hydrogen-bond donors (Lipinski definition) is 0. The van der Waals surface area contributed by atoms with Gasteiger partial charge in [0.2, 0.25) is 0 Å². The van der Waals surface area contributed by atoms with Gasteiger partial charge in [-0.3, -0.25) is 4.79 Å². The highest BCUT2D eigenvalue weighted by Crippen LogP contribution is 2.72. The van der Waals surface area contributed by atoms with Gasteiger partial charge in [0.05, 0.1) is 12.1 Å². The van der Waals surface area contributed by atoms with Crippen molar-refractivity contribution in [2.45, 2.75) is 19.3 Å². The summed E-state index contributed by atoms with van der Waals surface area (Å²) in [5.74, 6) is 0.190. The van der Waals surface area contributed by atoms with E-state index in [2.05, 4.69) is 12.1 Å². The zero-order valence-corrected chi connectivity index (χ0v) is 9.89. The van der Waals surface area contributed by atoms with E-state index in [1.807, 2.05) is 30.3 Å². The Labute approximate surface area is 106 Å². The first-order valence-corrected chi connectivity index (χ1v) is 6.07. The van der Waals surface area contributed by atoms with Gasteiger partial charge in [0, 0.05) is 11.5 Å². The molecule has 2 aliphatic carbocycles. The smallest absolute Gasteiger partial charge is 0.166 e. The molecule has 1 atom stereocenters. The second-order valence-corrected chi connectivity index (χ2v) is 5.51. The first-order valence-electron chi connectivity index (χ1n) is 6.07. The predicted octanol–water partition coefficient (Wildman–Crippen LogP) is 2.70. The van der Waals surface area contributed by atoms with Crippen LogP contribution in [0.4, 0.5) is 0 Å². The zero-order valence-electron chi connectivity index (χ0n) is 9.89. The third-order valence-corrected chi connectivity index (χ3v) is 4.30. The van der Waals surface area contributed by atoms with E-state index in [0.717, 1.165) is 12.0 Å². The molecular weight excluding hydrogens is 224 g/mol. The molecule has 0 heterocycles. The average Bonchev–Trinajstić information content (AvgIpc) is 3.11. The number of benzene rings is 1. The van der Waals surface area contributed by atoms with Crippen LogP contribution in [0.15, 0.2) is 30.3 Å². The molecule has 0 saturated heterocycles. The SMILES string of the molecule is N#CC1(C#N)CC2(CC2C(=O)c2ccccc2)C1. The Kier molecular flexibility index (Phi) is 2.10. The van der Waals surface area contributed by atoms with Gasteiger partial charge in [-0.2, -0.15) is 10.5 Å². The Balaban J connectivity index is 1.73. The van der Waals surface area contributed by atoms with Crippen molar-refractivity contribution in [3.05, 3.63) is 35.9 Å². The lowest BCUT2D eigenvalue weighted by Crippen LogP contribution is -2.38. The fourth-order valence-corrected chi connectivity index (χ4v) is 3.25. The quantitative estimate of drug-likeness (QED) is 0.741. The van der Waals surface area contributed by atoms with Crippen molar-refractivity contribution in [3.8, 4) is 12.1 Å². The molecule has 0 radical (unpaired) electrons. The minimum Gasteiger partial charge on any atom is -0.294 e. The van der Waals surface area contributed by atoms with E-state index in [0.29, 0.717) is 12.8 Å². The summed E-state index contributed by atoms with van der Waals surface area (Å²) in [5.41, 5.74) is -0.129. The van der Waals surface area contributed by atoms with Gasteiger partial charge >= 0.3 is 0 Å². The van der Waals surface area contributed by atoms with E-state index in [1.165, 1.54) is 0 Å². The van der Waals surface area contributed by atoms with E-state index in [9.17, 15) is 4.79 Å². The molecule has 0 aromatic heterocycles. The molecule has 0 bridgehead atoms. The van der Waals surface area contributed by atoms with Crippen molar-refractivity contribution < 1.29 is 4.79 Å². The van der Waals surface area contributed by atoms with Crippen LogP contribution in [-0.2, 0) is 0 Å². The maximum absolute atomic E-state index is 12.2. The second-order valence-electron chi connectivity index (χ2n) is 5.51. The van der Waals surface area contributed by atoms with E-state index in [-0.39, 0.29) is 17.1 Å². The number of Topliss-reactive ketones (excluding diaryl/α,β-unsaturated/α-hetero) is 1. The molecule has 0 amide bonds. The summed E-state index contributed by atoms with van der Waals surface area (Å²) >= 11 is 0. The number of ketones is 1. The minimum absolute atomic E-state index is 0.0229. The third kappa shape index (κ3) is 1.38. The topological polar surface area (TPSA) is 64.7 Å². The van der Waals surface area contributed by atoms with E-state index < -0.39 is 5.41 Å². The summed E-state index contributed by atoms with van der Waals surface area (Å²) in [6, 6.07) is 13.4. The molecular formula is C15H12N2O. The Morgan fingerprint density at radius 3 is 2.33 bits per heavy atom. The number of hydrogen-bond acceptors (Lipinski definition) is 3. The molecule has 3 rings (SSSR count). The second kappa shape index (κ2) is 3.43.